The summed E-state index contributed by atoms with van der Waals surface area (Å²) >= 11 is 0. The Morgan fingerprint density at radius 1 is 1.16 bits per heavy atom. The summed E-state index contributed by atoms with van der Waals surface area (Å²) in [4.78, 5) is 39.4. The fourth-order valence-electron chi connectivity index (χ4n) is 3.19. The van der Waals surface area contributed by atoms with Crippen LogP contribution in [0.4, 0.5) is 0 Å². The maximum Gasteiger partial charge on any atom is 0.323 e. The molecule has 1 aromatic carbocycles. The molecule has 1 N–H and O–H groups in total. The lowest BCUT2D eigenvalue weighted by molar-refractivity contribution is -0.147. The van der Waals surface area contributed by atoms with Crippen LogP contribution in [0.3, 0.4) is 0 Å². The van der Waals surface area contributed by atoms with Crippen molar-refractivity contribution in [3.05, 3.63) is 35.9 Å². The fourth-order valence-corrected chi connectivity index (χ4v) is 3.19. The minimum absolute atomic E-state index is 0.0175. The van der Waals surface area contributed by atoms with Crippen LogP contribution < -0.4 is 0 Å². The molecule has 0 aliphatic carbocycles. The highest BCUT2D eigenvalue weighted by Gasteiger charge is 2.31. The van der Waals surface area contributed by atoms with Crippen molar-refractivity contribution in [1.82, 2.24) is 9.80 Å². The van der Waals surface area contributed by atoms with E-state index in [9.17, 15) is 14.4 Å². The van der Waals surface area contributed by atoms with E-state index in [-0.39, 0.29) is 30.2 Å². The van der Waals surface area contributed by atoms with Gasteiger partial charge >= 0.3 is 5.97 Å². The zero-order chi connectivity index (χ0) is 18.4. The van der Waals surface area contributed by atoms with Crippen molar-refractivity contribution in [2.45, 2.75) is 26.7 Å². The third-order valence-electron chi connectivity index (χ3n) is 4.38. The van der Waals surface area contributed by atoms with Gasteiger partial charge in [-0.15, -0.1) is 0 Å². The molecule has 1 fully saturated rings. The Balaban J connectivity index is 1.94. The van der Waals surface area contributed by atoms with Crippen LogP contribution >= 0.6 is 0 Å². The summed E-state index contributed by atoms with van der Waals surface area (Å²) in [6.07, 6.45) is 1.15. The number of hydrogen-bond acceptors (Lipinski definition) is 3. The Morgan fingerprint density at radius 2 is 1.76 bits per heavy atom. The molecule has 1 aromatic rings. The van der Waals surface area contributed by atoms with Gasteiger partial charge in [-0.25, -0.2) is 0 Å². The van der Waals surface area contributed by atoms with Gasteiger partial charge in [-0.05, 0) is 30.9 Å². The molecule has 1 saturated heterocycles. The van der Waals surface area contributed by atoms with Crippen LogP contribution in [0.1, 0.15) is 37.0 Å². The number of aliphatic carboxylic acids is 1. The zero-order valence-corrected chi connectivity index (χ0v) is 14.9. The average Bonchev–Trinajstić information content (AvgIpc) is 2.60. The molecule has 0 radical (unpaired) electrons. The molecule has 0 saturated carbocycles. The standard InChI is InChI=1S/C19H26N2O4/c1-14(2)12-21(13-17(22)23)19(25)16-8-10-20(11-9-16)18(24)15-6-4-3-5-7-15/h3-7,14,16H,8-13H2,1-2H3,(H,22,23). The Labute approximate surface area is 148 Å². The number of carboxylic acid groups (broad SMARTS) is 1. The van der Waals surface area contributed by atoms with Gasteiger partial charge in [0.15, 0.2) is 0 Å². The number of nitrogens with zero attached hydrogens (tertiary/aromatic N) is 2. The fraction of sp³-hybridized carbons (Fsp3) is 0.526. The Hall–Kier alpha value is -2.37. The van der Waals surface area contributed by atoms with Crippen LogP contribution in [-0.2, 0) is 9.59 Å². The van der Waals surface area contributed by atoms with Crippen LogP contribution in [0.25, 0.3) is 0 Å². The molecule has 136 valence electrons. The van der Waals surface area contributed by atoms with E-state index in [0.29, 0.717) is 38.0 Å². The second-order valence-corrected chi connectivity index (χ2v) is 6.94. The summed E-state index contributed by atoms with van der Waals surface area (Å²) in [5.74, 6) is -1.12. The number of likely N-dealkylation sites (tertiary alicyclic amines) is 1. The van der Waals surface area contributed by atoms with Gasteiger partial charge < -0.3 is 14.9 Å². The van der Waals surface area contributed by atoms with Crippen LogP contribution in [0.5, 0.6) is 0 Å². The number of hydrogen-bond donors (Lipinski definition) is 1. The summed E-state index contributed by atoms with van der Waals surface area (Å²) < 4.78 is 0. The SMILES string of the molecule is CC(C)CN(CC(=O)O)C(=O)C1CCN(C(=O)c2ccccc2)CC1. The molecular weight excluding hydrogens is 320 g/mol. The number of carboxylic acids is 1. The molecule has 6 heteroatoms. The molecule has 0 atom stereocenters. The lowest BCUT2D eigenvalue weighted by Gasteiger charge is -2.34. The minimum Gasteiger partial charge on any atom is -0.480 e. The summed E-state index contributed by atoms with van der Waals surface area (Å²) in [6.45, 7) is 5.14. The predicted octanol–water partition coefficient (Wildman–Crippen LogP) is 2.11. The van der Waals surface area contributed by atoms with Crippen LogP contribution in [0.15, 0.2) is 30.3 Å². The largest absolute Gasteiger partial charge is 0.480 e. The molecule has 0 spiro atoms. The van der Waals surface area contributed by atoms with Gasteiger partial charge in [-0.1, -0.05) is 32.0 Å². The maximum atomic E-state index is 12.7. The van der Waals surface area contributed by atoms with Gasteiger partial charge in [0.05, 0.1) is 0 Å². The first-order chi connectivity index (χ1) is 11.9. The number of amides is 2. The van der Waals surface area contributed by atoms with E-state index in [1.165, 1.54) is 4.90 Å². The molecule has 2 rings (SSSR count). The van der Waals surface area contributed by atoms with Gasteiger partial charge in [-0.2, -0.15) is 0 Å². The van der Waals surface area contributed by atoms with E-state index >= 15 is 0 Å². The summed E-state index contributed by atoms with van der Waals surface area (Å²) in [6, 6.07) is 9.11. The van der Waals surface area contributed by atoms with E-state index in [1.807, 2.05) is 32.0 Å². The van der Waals surface area contributed by atoms with E-state index < -0.39 is 5.97 Å². The highest BCUT2D eigenvalue weighted by atomic mass is 16.4. The first-order valence-electron chi connectivity index (χ1n) is 8.73. The Morgan fingerprint density at radius 3 is 2.28 bits per heavy atom. The molecular formula is C19H26N2O4. The predicted molar refractivity (Wildman–Crippen MR) is 94.1 cm³/mol. The smallest absolute Gasteiger partial charge is 0.323 e. The number of rotatable bonds is 6. The molecule has 0 bridgehead atoms. The quantitative estimate of drug-likeness (QED) is 0.856. The molecule has 1 aliphatic heterocycles. The molecule has 1 heterocycles. The van der Waals surface area contributed by atoms with E-state index in [0.717, 1.165) is 0 Å². The lowest BCUT2D eigenvalue weighted by Crippen LogP contribution is -2.46. The molecule has 25 heavy (non-hydrogen) atoms. The monoisotopic (exact) mass is 346 g/mol. The molecule has 0 unspecified atom stereocenters. The van der Waals surface area contributed by atoms with Crippen molar-refractivity contribution >= 4 is 17.8 Å². The van der Waals surface area contributed by atoms with E-state index in [4.69, 9.17) is 5.11 Å². The van der Waals surface area contributed by atoms with Gasteiger partial charge in [0.25, 0.3) is 5.91 Å². The number of carbonyl (C=O) groups is 3. The molecule has 2 amide bonds. The van der Waals surface area contributed by atoms with E-state index in [1.54, 1.807) is 17.0 Å². The zero-order valence-electron chi connectivity index (χ0n) is 14.9. The Bertz CT molecular complexity index is 607. The van der Waals surface area contributed by atoms with Gasteiger partial charge in [0, 0.05) is 31.1 Å². The van der Waals surface area contributed by atoms with Crippen LogP contribution in [0, 0.1) is 11.8 Å². The van der Waals surface area contributed by atoms with Gasteiger partial charge in [0.2, 0.25) is 5.91 Å². The topological polar surface area (TPSA) is 77.9 Å². The average molecular weight is 346 g/mol. The highest BCUT2D eigenvalue weighted by Crippen LogP contribution is 2.21. The number of piperidine rings is 1. The van der Waals surface area contributed by atoms with Gasteiger partial charge in [0.1, 0.15) is 6.54 Å². The van der Waals surface area contributed by atoms with Crippen molar-refractivity contribution < 1.29 is 19.5 Å². The second kappa shape index (κ2) is 8.65. The van der Waals surface area contributed by atoms with Crippen molar-refractivity contribution in [3.8, 4) is 0 Å². The summed E-state index contributed by atoms with van der Waals surface area (Å²) in [5.41, 5.74) is 0.652. The second-order valence-electron chi connectivity index (χ2n) is 6.94. The van der Waals surface area contributed by atoms with Crippen LogP contribution in [-0.4, -0.2) is 58.9 Å². The third-order valence-corrected chi connectivity index (χ3v) is 4.38. The Kier molecular flexibility index (Phi) is 6.56. The van der Waals surface area contributed by atoms with Crippen molar-refractivity contribution in [2.75, 3.05) is 26.2 Å². The third kappa shape index (κ3) is 5.31. The number of benzene rings is 1. The van der Waals surface area contributed by atoms with E-state index in [2.05, 4.69) is 0 Å². The minimum atomic E-state index is -0.995. The number of carbonyl (C=O) groups excluding carboxylic acids is 2. The molecule has 1 aliphatic rings. The highest BCUT2D eigenvalue weighted by molar-refractivity contribution is 5.94. The normalized spacial score (nSPS) is 15.2. The van der Waals surface area contributed by atoms with Crippen molar-refractivity contribution in [1.29, 1.82) is 0 Å². The first kappa shape index (κ1) is 19.0. The van der Waals surface area contributed by atoms with Crippen molar-refractivity contribution in [3.63, 3.8) is 0 Å². The van der Waals surface area contributed by atoms with Crippen molar-refractivity contribution in [2.24, 2.45) is 11.8 Å². The lowest BCUT2D eigenvalue weighted by atomic mass is 9.94. The van der Waals surface area contributed by atoms with Crippen LogP contribution in [0.2, 0.25) is 0 Å². The molecule has 6 nitrogen and oxygen atoms in total. The molecule has 0 aromatic heterocycles. The van der Waals surface area contributed by atoms with Gasteiger partial charge in [-0.3, -0.25) is 14.4 Å². The first-order valence-corrected chi connectivity index (χ1v) is 8.73. The summed E-state index contributed by atoms with van der Waals surface area (Å²) in [5, 5.41) is 9.04. The summed E-state index contributed by atoms with van der Waals surface area (Å²) in [7, 11) is 0. The maximum absolute atomic E-state index is 12.7.